The Morgan fingerprint density at radius 2 is 1.94 bits per heavy atom. The fraction of sp³-hybridized carbons (Fsp3) is 0.300. The largest absolute Gasteiger partial charge is 0.494 e. The second-order valence-corrected chi connectivity index (χ2v) is 9.34. The lowest BCUT2D eigenvalue weighted by Gasteiger charge is -2.27. The zero-order valence-electron chi connectivity index (χ0n) is 17.2. The molecule has 3 rings (SSSR count). The van der Waals surface area contributed by atoms with Crippen LogP contribution in [0.25, 0.3) is 0 Å². The van der Waals surface area contributed by atoms with Gasteiger partial charge in [0, 0.05) is 10.0 Å². The monoisotopic (exact) mass is 511 g/mol. The highest BCUT2D eigenvalue weighted by Gasteiger charge is 2.29. The fourth-order valence-electron chi connectivity index (χ4n) is 2.96. The number of hydrogen-bond acceptors (Lipinski definition) is 7. The van der Waals surface area contributed by atoms with Gasteiger partial charge in [0.15, 0.2) is 11.5 Å². The topological polar surface area (TPSA) is 107 Å². The van der Waals surface area contributed by atoms with E-state index in [4.69, 9.17) is 14.2 Å². The van der Waals surface area contributed by atoms with E-state index >= 15 is 0 Å². The molecule has 0 aliphatic carbocycles. The van der Waals surface area contributed by atoms with Crippen LogP contribution in [0.2, 0.25) is 0 Å². The van der Waals surface area contributed by atoms with Crippen molar-refractivity contribution in [3.05, 3.63) is 46.4 Å². The highest BCUT2D eigenvalue weighted by atomic mass is 79.9. The number of hydrogen-bond donors (Lipinski definition) is 1. The van der Waals surface area contributed by atoms with Gasteiger partial charge in [-0.25, -0.2) is 13.8 Å². The predicted octanol–water partition coefficient (Wildman–Crippen LogP) is 2.88. The molecule has 0 saturated carbocycles. The van der Waals surface area contributed by atoms with Gasteiger partial charge in [-0.15, -0.1) is 0 Å². The van der Waals surface area contributed by atoms with Gasteiger partial charge in [-0.1, -0.05) is 0 Å². The standard InChI is InChI=1S/C20H22BrN3O6S/c1-4-28-16-7-5-15(6-8-16)24(31(3,26)27)13(2)20(25)23-22-11-14-9-18-19(10-17(14)21)30-12-29-18/h5-11,13H,4,12H2,1-3H3,(H,23,25)/b22-11-/t13-/m0/s1. The molecule has 0 spiro atoms. The maximum absolute atomic E-state index is 12.6. The molecule has 1 heterocycles. The minimum Gasteiger partial charge on any atom is -0.494 e. The first-order chi connectivity index (χ1) is 14.7. The molecule has 1 N–H and O–H groups in total. The zero-order chi connectivity index (χ0) is 22.6. The molecule has 11 heteroatoms. The molecule has 0 bridgehead atoms. The lowest BCUT2D eigenvalue weighted by Crippen LogP contribution is -2.46. The number of fused-ring (bicyclic) bond motifs is 1. The summed E-state index contributed by atoms with van der Waals surface area (Å²) in [5.74, 6) is 1.20. The number of anilines is 1. The van der Waals surface area contributed by atoms with E-state index in [0.717, 1.165) is 10.6 Å². The van der Waals surface area contributed by atoms with Gasteiger partial charge < -0.3 is 14.2 Å². The van der Waals surface area contributed by atoms with Crippen molar-refractivity contribution in [2.24, 2.45) is 5.10 Å². The van der Waals surface area contributed by atoms with Crippen molar-refractivity contribution in [1.29, 1.82) is 0 Å². The Morgan fingerprint density at radius 1 is 1.29 bits per heavy atom. The van der Waals surface area contributed by atoms with Gasteiger partial charge in [0.05, 0.1) is 24.8 Å². The van der Waals surface area contributed by atoms with E-state index in [1.54, 1.807) is 36.4 Å². The molecular weight excluding hydrogens is 490 g/mol. The maximum Gasteiger partial charge on any atom is 0.263 e. The van der Waals surface area contributed by atoms with Gasteiger partial charge in [-0.2, -0.15) is 5.10 Å². The Hall–Kier alpha value is -2.79. The highest BCUT2D eigenvalue weighted by molar-refractivity contribution is 9.10. The average Bonchev–Trinajstić information content (AvgIpc) is 3.15. The molecule has 0 radical (unpaired) electrons. The molecule has 0 unspecified atom stereocenters. The molecule has 0 aromatic heterocycles. The lowest BCUT2D eigenvalue weighted by molar-refractivity contribution is -0.121. The first-order valence-electron chi connectivity index (χ1n) is 9.35. The third-order valence-electron chi connectivity index (χ3n) is 4.36. The molecule has 166 valence electrons. The molecule has 0 fully saturated rings. The Bertz CT molecular complexity index is 1090. The SMILES string of the molecule is CCOc1ccc(N([C@@H](C)C(=O)N/N=C\c2cc3c(cc2Br)OCO3)S(C)(=O)=O)cc1. The summed E-state index contributed by atoms with van der Waals surface area (Å²) in [6.45, 7) is 3.97. The average molecular weight is 512 g/mol. The summed E-state index contributed by atoms with van der Waals surface area (Å²) in [6, 6.07) is 8.89. The van der Waals surface area contributed by atoms with Crippen molar-refractivity contribution in [3.63, 3.8) is 0 Å². The summed E-state index contributed by atoms with van der Waals surface area (Å²) in [5, 5.41) is 3.95. The van der Waals surface area contributed by atoms with Crippen molar-refractivity contribution in [3.8, 4) is 17.2 Å². The third kappa shape index (κ3) is 5.47. The normalized spacial score (nSPS) is 13.8. The van der Waals surface area contributed by atoms with E-state index in [9.17, 15) is 13.2 Å². The highest BCUT2D eigenvalue weighted by Crippen LogP contribution is 2.36. The second-order valence-electron chi connectivity index (χ2n) is 6.62. The van der Waals surface area contributed by atoms with Crippen LogP contribution in [0.15, 0.2) is 46.0 Å². The minimum absolute atomic E-state index is 0.142. The Labute approximate surface area is 189 Å². The van der Waals surface area contributed by atoms with E-state index < -0.39 is 22.0 Å². The van der Waals surface area contributed by atoms with Crippen LogP contribution in [0.3, 0.4) is 0 Å². The van der Waals surface area contributed by atoms with Gasteiger partial charge in [-0.05, 0) is 66.2 Å². The van der Waals surface area contributed by atoms with Crippen molar-refractivity contribution < 1.29 is 27.4 Å². The number of rotatable bonds is 8. The molecule has 1 amide bonds. The smallest absolute Gasteiger partial charge is 0.263 e. The van der Waals surface area contributed by atoms with Crippen molar-refractivity contribution in [2.75, 3.05) is 24.0 Å². The summed E-state index contributed by atoms with van der Waals surface area (Å²) < 4.78 is 42.5. The summed E-state index contributed by atoms with van der Waals surface area (Å²) in [4.78, 5) is 12.6. The van der Waals surface area contributed by atoms with Crippen LogP contribution >= 0.6 is 15.9 Å². The van der Waals surface area contributed by atoms with E-state index in [1.807, 2.05) is 6.92 Å². The quantitative estimate of drug-likeness (QED) is 0.431. The van der Waals surface area contributed by atoms with Crippen molar-refractivity contribution in [1.82, 2.24) is 5.43 Å². The number of hydrazone groups is 1. The summed E-state index contributed by atoms with van der Waals surface area (Å²) in [5.41, 5.74) is 3.39. The summed E-state index contributed by atoms with van der Waals surface area (Å²) in [7, 11) is -3.74. The Morgan fingerprint density at radius 3 is 2.55 bits per heavy atom. The second kappa shape index (κ2) is 9.56. The number of nitrogens with zero attached hydrogens (tertiary/aromatic N) is 2. The predicted molar refractivity (Wildman–Crippen MR) is 120 cm³/mol. The first-order valence-corrected chi connectivity index (χ1v) is 12.0. The van der Waals surface area contributed by atoms with Crippen molar-refractivity contribution >= 4 is 43.8 Å². The van der Waals surface area contributed by atoms with Gasteiger partial charge in [0.1, 0.15) is 11.8 Å². The maximum atomic E-state index is 12.6. The van der Waals surface area contributed by atoms with Gasteiger partial charge in [0.2, 0.25) is 16.8 Å². The summed E-state index contributed by atoms with van der Waals surface area (Å²) in [6.07, 6.45) is 2.47. The molecule has 1 aliphatic rings. The van der Waals surface area contributed by atoms with Gasteiger partial charge in [-0.3, -0.25) is 9.10 Å². The number of carbonyl (C=O) groups is 1. The molecule has 2 aromatic rings. The minimum atomic E-state index is -3.74. The molecule has 31 heavy (non-hydrogen) atoms. The molecule has 0 saturated heterocycles. The van der Waals surface area contributed by atoms with Crippen LogP contribution in [-0.4, -0.2) is 46.2 Å². The molecule has 1 aliphatic heterocycles. The Kier molecular flexibility index (Phi) is 7.06. The van der Waals surface area contributed by atoms with Crippen LogP contribution in [0.5, 0.6) is 17.2 Å². The van der Waals surface area contributed by atoms with Crippen LogP contribution < -0.4 is 23.9 Å². The third-order valence-corrected chi connectivity index (χ3v) is 6.29. The zero-order valence-corrected chi connectivity index (χ0v) is 19.6. The van der Waals surface area contributed by atoms with Gasteiger partial charge >= 0.3 is 0 Å². The number of halogens is 1. The molecule has 9 nitrogen and oxygen atoms in total. The first kappa shape index (κ1) is 22.9. The van der Waals surface area contributed by atoms with Crippen LogP contribution in [0.1, 0.15) is 19.4 Å². The molecule has 2 aromatic carbocycles. The Balaban J connectivity index is 1.74. The van der Waals surface area contributed by atoms with E-state index in [-0.39, 0.29) is 6.79 Å². The van der Waals surface area contributed by atoms with E-state index in [2.05, 4.69) is 26.5 Å². The molecular formula is C20H22BrN3O6S. The van der Waals surface area contributed by atoms with Crippen LogP contribution in [0.4, 0.5) is 5.69 Å². The van der Waals surface area contributed by atoms with Crippen LogP contribution in [0, 0.1) is 0 Å². The van der Waals surface area contributed by atoms with Crippen LogP contribution in [-0.2, 0) is 14.8 Å². The summed E-state index contributed by atoms with van der Waals surface area (Å²) >= 11 is 3.41. The number of amides is 1. The van der Waals surface area contributed by atoms with Crippen molar-refractivity contribution in [2.45, 2.75) is 19.9 Å². The number of ether oxygens (including phenoxy) is 3. The lowest BCUT2D eigenvalue weighted by atomic mass is 10.2. The van der Waals surface area contributed by atoms with E-state index in [1.165, 1.54) is 13.1 Å². The number of benzene rings is 2. The fourth-order valence-corrected chi connectivity index (χ4v) is 4.56. The number of sulfonamides is 1. The number of nitrogens with one attached hydrogen (secondary N) is 1. The number of carbonyl (C=O) groups excluding carboxylic acids is 1. The van der Waals surface area contributed by atoms with Gasteiger partial charge in [0.25, 0.3) is 5.91 Å². The van der Waals surface area contributed by atoms with E-state index in [0.29, 0.717) is 39.6 Å². The molecule has 1 atom stereocenters.